The van der Waals surface area contributed by atoms with Crippen LogP contribution in [-0.4, -0.2) is 14.9 Å². The monoisotopic (exact) mass is 168 g/mol. The van der Waals surface area contributed by atoms with Crippen molar-refractivity contribution < 1.29 is 5.11 Å². The SMILES string of the molecule is CC(C)c1nn(C(C)C)cc1O. The Morgan fingerprint density at radius 1 is 1.33 bits per heavy atom. The van der Waals surface area contributed by atoms with Crippen molar-refractivity contribution in [3.05, 3.63) is 11.9 Å². The number of hydrogen-bond acceptors (Lipinski definition) is 2. The lowest BCUT2D eigenvalue weighted by molar-refractivity contribution is 0.463. The third-order valence-corrected chi connectivity index (χ3v) is 1.82. The Bertz CT molecular complexity index is 263. The summed E-state index contributed by atoms with van der Waals surface area (Å²) in [5.41, 5.74) is 0.781. The van der Waals surface area contributed by atoms with Crippen molar-refractivity contribution >= 4 is 0 Å². The molecule has 0 aliphatic carbocycles. The van der Waals surface area contributed by atoms with E-state index in [1.807, 2.05) is 27.7 Å². The van der Waals surface area contributed by atoms with Crippen molar-refractivity contribution in [2.24, 2.45) is 0 Å². The maximum atomic E-state index is 9.47. The molecule has 1 aromatic rings. The first kappa shape index (κ1) is 9.10. The fourth-order valence-electron chi connectivity index (χ4n) is 1.07. The zero-order valence-electron chi connectivity index (χ0n) is 8.07. The van der Waals surface area contributed by atoms with Gasteiger partial charge in [-0.25, -0.2) is 0 Å². The largest absolute Gasteiger partial charge is 0.504 e. The van der Waals surface area contributed by atoms with Gasteiger partial charge >= 0.3 is 0 Å². The summed E-state index contributed by atoms with van der Waals surface area (Å²) < 4.78 is 1.78. The highest BCUT2D eigenvalue weighted by molar-refractivity contribution is 5.25. The van der Waals surface area contributed by atoms with E-state index >= 15 is 0 Å². The molecule has 0 aliphatic heterocycles. The molecule has 0 fully saturated rings. The Kier molecular flexibility index (Phi) is 2.40. The van der Waals surface area contributed by atoms with E-state index in [1.54, 1.807) is 10.9 Å². The van der Waals surface area contributed by atoms with Gasteiger partial charge in [0.05, 0.1) is 6.20 Å². The molecule has 1 heterocycles. The highest BCUT2D eigenvalue weighted by Gasteiger charge is 2.11. The highest BCUT2D eigenvalue weighted by atomic mass is 16.3. The van der Waals surface area contributed by atoms with Gasteiger partial charge in [0, 0.05) is 12.0 Å². The van der Waals surface area contributed by atoms with Crippen LogP contribution in [0.1, 0.15) is 45.3 Å². The summed E-state index contributed by atoms with van der Waals surface area (Å²) in [5.74, 6) is 0.587. The van der Waals surface area contributed by atoms with E-state index in [2.05, 4.69) is 5.10 Å². The molecule has 0 atom stereocenters. The summed E-state index contributed by atoms with van der Waals surface area (Å²) >= 11 is 0. The molecule has 3 heteroatoms. The topological polar surface area (TPSA) is 38.0 Å². The standard InChI is InChI=1S/C9H16N2O/c1-6(2)9-8(12)5-11(10-9)7(3)4/h5-7,12H,1-4H3. The van der Waals surface area contributed by atoms with Crippen LogP contribution in [0.25, 0.3) is 0 Å². The second-order valence-electron chi connectivity index (χ2n) is 3.63. The third-order valence-electron chi connectivity index (χ3n) is 1.82. The van der Waals surface area contributed by atoms with Crippen LogP contribution in [0.4, 0.5) is 0 Å². The summed E-state index contributed by atoms with van der Waals surface area (Å²) in [5, 5.41) is 13.7. The van der Waals surface area contributed by atoms with Gasteiger partial charge in [0.1, 0.15) is 5.69 Å². The van der Waals surface area contributed by atoms with Crippen LogP contribution < -0.4 is 0 Å². The van der Waals surface area contributed by atoms with Gasteiger partial charge in [-0.15, -0.1) is 0 Å². The van der Waals surface area contributed by atoms with Crippen molar-refractivity contribution in [1.29, 1.82) is 0 Å². The van der Waals surface area contributed by atoms with Crippen LogP contribution in [0.2, 0.25) is 0 Å². The molecule has 12 heavy (non-hydrogen) atoms. The average molecular weight is 168 g/mol. The summed E-state index contributed by atoms with van der Waals surface area (Å²) in [7, 11) is 0. The second-order valence-corrected chi connectivity index (χ2v) is 3.63. The van der Waals surface area contributed by atoms with Crippen LogP contribution in [0.3, 0.4) is 0 Å². The molecular formula is C9H16N2O. The predicted octanol–water partition coefficient (Wildman–Crippen LogP) is 2.29. The lowest BCUT2D eigenvalue weighted by Gasteiger charge is -2.03. The molecule has 68 valence electrons. The summed E-state index contributed by atoms with van der Waals surface area (Å²) in [6.07, 6.45) is 1.68. The van der Waals surface area contributed by atoms with E-state index in [-0.39, 0.29) is 5.92 Å². The molecule has 0 radical (unpaired) electrons. The number of aromatic nitrogens is 2. The Balaban J connectivity index is 3.00. The van der Waals surface area contributed by atoms with Gasteiger partial charge in [-0.05, 0) is 13.8 Å². The van der Waals surface area contributed by atoms with E-state index in [4.69, 9.17) is 0 Å². The first-order valence-electron chi connectivity index (χ1n) is 4.30. The van der Waals surface area contributed by atoms with Crippen LogP contribution >= 0.6 is 0 Å². The fraction of sp³-hybridized carbons (Fsp3) is 0.667. The first-order valence-corrected chi connectivity index (χ1v) is 4.30. The summed E-state index contributed by atoms with van der Waals surface area (Å²) in [6, 6.07) is 0.309. The Hall–Kier alpha value is -0.990. The minimum Gasteiger partial charge on any atom is -0.504 e. The number of hydrogen-bond donors (Lipinski definition) is 1. The molecule has 0 bridgehead atoms. The molecule has 1 N–H and O–H groups in total. The average Bonchev–Trinajstić information content (AvgIpc) is 2.30. The molecule has 0 unspecified atom stereocenters. The maximum absolute atomic E-state index is 9.47. The molecule has 1 rings (SSSR count). The highest BCUT2D eigenvalue weighted by Crippen LogP contribution is 2.24. The molecule has 0 saturated heterocycles. The quantitative estimate of drug-likeness (QED) is 0.735. The zero-order valence-corrected chi connectivity index (χ0v) is 8.07. The molecule has 0 amide bonds. The van der Waals surface area contributed by atoms with E-state index in [0.717, 1.165) is 5.69 Å². The van der Waals surface area contributed by atoms with Crippen LogP contribution in [-0.2, 0) is 0 Å². The minimum absolute atomic E-state index is 0.282. The van der Waals surface area contributed by atoms with Crippen LogP contribution in [0.15, 0.2) is 6.20 Å². The van der Waals surface area contributed by atoms with E-state index < -0.39 is 0 Å². The van der Waals surface area contributed by atoms with E-state index in [1.165, 1.54) is 0 Å². The van der Waals surface area contributed by atoms with Gasteiger partial charge in [0.25, 0.3) is 0 Å². The van der Waals surface area contributed by atoms with Crippen molar-refractivity contribution in [3.8, 4) is 5.75 Å². The lowest BCUT2D eigenvalue weighted by atomic mass is 10.1. The molecule has 1 aromatic heterocycles. The summed E-state index contributed by atoms with van der Waals surface area (Å²) in [6.45, 7) is 8.12. The number of nitrogens with zero attached hydrogens (tertiary/aromatic N) is 2. The normalized spacial score (nSPS) is 11.5. The lowest BCUT2D eigenvalue weighted by Crippen LogP contribution is -2.02. The van der Waals surface area contributed by atoms with Gasteiger partial charge in [-0.3, -0.25) is 4.68 Å². The summed E-state index contributed by atoms with van der Waals surface area (Å²) in [4.78, 5) is 0. The molecule has 0 aromatic carbocycles. The van der Waals surface area contributed by atoms with Crippen LogP contribution in [0.5, 0.6) is 5.75 Å². The Morgan fingerprint density at radius 3 is 2.17 bits per heavy atom. The molecule has 0 spiro atoms. The van der Waals surface area contributed by atoms with E-state index in [0.29, 0.717) is 11.8 Å². The minimum atomic E-state index is 0.282. The second kappa shape index (κ2) is 3.17. The Morgan fingerprint density at radius 2 is 1.92 bits per heavy atom. The van der Waals surface area contributed by atoms with Crippen molar-refractivity contribution in [1.82, 2.24) is 9.78 Å². The fourth-order valence-corrected chi connectivity index (χ4v) is 1.07. The first-order chi connectivity index (χ1) is 5.52. The van der Waals surface area contributed by atoms with Gasteiger partial charge in [0.15, 0.2) is 5.75 Å². The van der Waals surface area contributed by atoms with Crippen LogP contribution in [0, 0.1) is 0 Å². The van der Waals surface area contributed by atoms with Crippen molar-refractivity contribution in [2.75, 3.05) is 0 Å². The predicted molar refractivity (Wildman–Crippen MR) is 48.4 cm³/mol. The molecule has 3 nitrogen and oxygen atoms in total. The third kappa shape index (κ3) is 1.60. The number of aromatic hydroxyl groups is 1. The zero-order chi connectivity index (χ0) is 9.30. The van der Waals surface area contributed by atoms with Gasteiger partial charge in [-0.2, -0.15) is 5.10 Å². The maximum Gasteiger partial charge on any atom is 0.157 e. The van der Waals surface area contributed by atoms with Gasteiger partial charge in [-0.1, -0.05) is 13.8 Å². The smallest absolute Gasteiger partial charge is 0.157 e. The molecule has 0 aliphatic rings. The van der Waals surface area contributed by atoms with Crippen molar-refractivity contribution in [2.45, 2.75) is 39.7 Å². The number of rotatable bonds is 2. The Labute approximate surface area is 73.0 Å². The molecule has 0 saturated carbocycles. The van der Waals surface area contributed by atoms with E-state index in [9.17, 15) is 5.11 Å². The van der Waals surface area contributed by atoms with Gasteiger partial charge < -0.3 is 5.11 Å². The van der Waals surface area contributed by atoms with Gasteiger partial charge in [0.2, 0.25) is 0 Å². The van der Waals surface area contributed by atoms with Crippen molar-refractivity contribution in [3.63, 3.8) is 0 Å². The molecular weight excluding hydrogens is 152 g/mol.